The van der Waals surface area contributed by atoms with Crippen LogP contribution in [-0.4, -0.2) is 20.4 Å². The second kappa shape index (κ2) is 5.69. The minimum Gasteiger partial charge on any atom is -0.320 e. The Morgan fingerprint density at radius 1 is 1.45 bits per heavy atom. The summed E-state index contributed by atoms with van der Waals surface area (Å²) in [7, 11) is 0. The molecule has 0 aliphatic carbocycles. The Kier molecular flexibility index (Phi) is 3.72. The van der Waals surface area contributed by atoms with Gasteiger partial charge in [0.1, 0.15) is 4.83 Å². The number of carbonyl (C=O) groups excluding carboxylic acids is 1. The summed E-state index contributed by atoms with van der Waals surface area (Å²) >= 11 is 1.23. The van der Waals surface area contributed by atoms with Gasteiger partial charge in [0, 0.05) is 12.7 Å². The Bertz CT molecular complexity index is 899. The first-order valence-corrected chi connectivity index (χ1v) is 7.63. The fourth-order valence-electron chi connectivity index (χ4n) is 2.23. The van der Waals surface area contributed by atoms with Crippen molar-refractivity contribution < 1.29 is 4.79 Å². The van der Waals surface area contributed by atoms with E-state index >= 15 is 0 Å². The van der Waals surface area contributed by atoms with Gasteiger partial charge in [0.15, 0.2) is 0 Å². The van der Waals surface area contributed by atoms with Gasteiger partial charge in [-0.2, -0.15) is 0 Å². The average molecular weight is 314 g/mol. The van der Waals surface area contributed by atoms with Gasteiger partial charge in [-0.25, -0.2) is 4.98 Å². The van der Waals surface area contributed by atoms with Crippen molar-refractivity contribution in [3.05, 3.63) is 51.6 Å². The number of thiophene rings is 1. The fourth-order valence-corrected chi connectivity index (χ4v) is 3.26. The van der Waals surface area contributed by atoms with Crippen molar-refractivity contribution in [3.63, 3.8) is 0 Å². The third-order valence-corrected chi connectivity index (χ3v) is 4.58. The summed E-state index contributed by atoms with van der Waals surface area (Å²) in [6.07, 6.45) is 4.73. The van der Waals surface area contributed by atoms with Gasteiger partial charge in [0.25, 0.3) is 11.5 Å². The summed E-state index contributed by atoms with van der Waals surface area (Å²) in [6.45, 7) is 4.21. The molecule has 0 spiro atoms. The van der Waals surface area contributed by atoms with Crippen LogP contribution in [0.25, 0.3) is 10.2 Å². The van der Waals surface area contributed by atoms with E-state index in [-0.39, 0.29) is 11.5 Å². The van der Waals surface area contributed by atoms with Crippen molar-refractivity contribution in [1.82, 2.24) is 14.5 Å². The summed E-state index contributed by atoms with van der Waals surface area (Å²) in [4.78, 5) is 34.1. The van der Waals surface area contributed by atoms with Crippen molar-refractivity contribution in [2.45, 2.75) is 20.4 Å². The van der Waals surface area contributed by atoms with E-state index in [1.54, 1.807) is 31.5 Å². The predicted octanol–water partition coefficient (Wildman–Crippen LogP) is 2.43. The molecule has 1 amide bonds. The van der Waals surface area contributed by atoms with Crippen molar-refractivity contribution in [2.75, 3.05) is 5.32 Å². The van der Waals surface area contributed by atoms with Crippen LogP contribution in [0.5, 0.6) is 0 Å². The smallest absolute Gasteiger partial charge is 0.266 e. The van der Waals surface area contributed by atoms with Gasteiger partial charge in [-0.05, 0) is 31.5 Å². The molecular weight excluding hydrogens is 300 g/mol. The highest BCUT2D eigenvalue weighted by Gasteiger charge is 2.19. The molecule has 0 unspecified atom stereocenters. The first-order chi connectivity index (χ1) is 10.6. The highest BCUT2D eigenvalue weighted by atomic mass is 32.1. The second-order valence-corrected chi connectivity index (χ2v) is 5.77. The lowest BCUT2D eigenvalue weighted by molar-refractivity contribution is 0.103. The molecule has 3 aromatic rings. The first kappa shape index (κ1) is 14.4. The molecule has 0 atom stereocenters. The van der Waals surface area contributed by atoms with E-state index in [0.29, 0.717) is 32.9 Å². The van der Waals surface area contributed by atoms with Gasteiger partial charge in [-0.3, -0.25) is 19.1 Å². The maximum absolute atomic E-state index is 12.4. The van der Waals surface area contributed by atoms with Crippen LogP contribution in [0.4, 0.5) is 5.69 Å². The normalized spacial score (nSPS) is 10.8. The third-order valence-electron chi connectivity index (χ3n) is 3.38. The van der Waals surface area contributed by atoms with E-state index in [9.17, 15) is 9.59 Å². The van der Waals surface area contributed by atoms with Crippen molar-refractivity contribution in [2.24, 2.45) is 0 Å². The number of fused-ring (bicyclic) bond motifs is 1. The van der Waals surface area contributed by atoms with Crippen LogP contribution in [0.1, 0.15) is 22.2 Å². The molecule has 0 aliphatic rings. The highest BCUT2D eigenvalue weighted by molar-refractivity contribution is 7.20. The number of hydrogen-bond acceptors (Lipinski definition) is 5. The second-order valence-electron chi connectivity index (χ2n) is 4.77. The molecule has 0 aliphatic heterocycles. The lowest BCUT2D eigenvalue weighted by Crippen LogP contribution is -2.19. The molecule has 0 saturated heterocycles. The molecule has 1 N–H and O–H groups in total. The number of anilines is 1. The summed E-state index contributed by atoms with van der Waals surface area (Å²) in [5, 5.41) is 3.30. The van der Waals surface area contributed by atoms with Gasteiger partial charge in [-0.15, -0.1) is 11.3 Å². The lowest BCUT2D eigenvalue weighted by Gasteiger charge is -2.03. The topological polar surface area (TPSA) is 76.9 Å². The Labute approximate surface area is 130 Å². The number of nitrogens with one attached hydrogen (secondary N) is 1. The molecule has 3 rings (SSSR count). The van der Waals surface area contributed by atoms with E-state index in [1.165, 1.54) is 22.2 Å². The van der Waals surface area contributed by atoms with Crippen LogP contribution in [0.3, 0.4) is 0 Å². The van der Waals surface area contributed by atoms with Crippen LogP contribution in [0.15, 0.2) is 35.6 Å². The molecule has 0 saturated carbocycles. The van der Waals surface area contributed by atoms with Gasteiger partial charge in [0.2, 0.25) is 0 Å². The molecule has 7 heteroatoms. The summed E-state index contributed by atoms with van der Waals surface area (Å²) in [5.74, 6) is -0.254. The van der Waals surface area contributed by atoms with Crippen LogP contribution < -0.4 is 10.9 Å². The van der Waals surface area contributed by atoms with Gasteiger partial charge < -0.3 is 5.32 Å². The van der Waals surface area contributed by atoms with E-state index in [4.69, 9.17) is 0 Å². The zero-order valence-corrected chi connectivity index (χ0v) is 13.0. The molecule has 0 fully saturated rings. The van der Waals surface area contributed by atoms with E-state index in [0.717, 1.165) is 0 Å². The zero-order chi connectivity index (χ0) is 15.7. The largest absolute Gasteiger partial charge is 0.320 e. The summed E-state index contributed by atoms with van der Waals surface area (Å²) < 4.78 is 1.53. The fraction of sp³-hybridized carbons (Fsp3) is 0.200. The molecule has 3 aromatic heterocycles. The molecule has 0 bridgehead atoms. The van der Waals surface area contributed by atoms with Crippen molar-refractivity contribution >= 4 is 33.1 Å². The Balaban J connectivity index is 2.05. The predicted molar refractivity (Wildman–Crippen MR) is 86.5 cm³/mol. The third kappa shape index (κ3) is 2.39. The Hall–Kier alpha value is -2.54. The number of hydrogen-bond donors (Lipinski definition) is 1. The van der Waals surface area contributed by atoms with Crippen LogP contribution in [0, 0.1) is 6.92 Å². The number of aromatic nitrogens is 3. The highest BCUT2D eigenvalue weighted by Crippen LogP contribution is 2.27. The Morgan fingerprint density at radius 3 is 2.95 bits per heavy atom. The number of aryl methyl sites for hydroxylation is 2. The molecule has 22 heavy (non-hydrogen) atoms. The molecule has 3 heterocycles. The maximum atomic E-state index is 12.4. The van der Waals surface area contributed by atoms with E-state index < -0.39 is 0 Å². The van der Waals surface area contributed by atoms with E-state index in [2.05, 4.69) is 15.3 Å². The first-order valence-electron chi connectivity index (χ1n) is 6.81. The van der Waals surface area contributed by atoms with E-state index in [1.807, 2.05) is 6.92 Å². The summed E-state index contributed by atoms with van der Waals surface area (Å²) in [5.41, 5.74) is 1.17. The molecule has 112 valence electrons. The standard InChI is InChI=1S/C15H14N4O2S/c1-3-19-8-17-14-11(15(19)21)9(2)12(22-14)13(20)18-10-5-4-6-16-7-10/h4-8H,3H2,1-2H3,(H,18,20). The zero-order valence-electron chi connectivity index (χ0n) is 12.2. The Morgan fingerprint density at radius 2 is 2.27 bits per heavy atom. The number of pyridine rings is 1. The molecule has 0 radical (unpaired) electrons. The SMILES string of the molecule is CCn1cnc2sc(C(=O)Nc3cccnc3)c(C)c2c1=O. The van der Waals surface area contributed by atoms with Crippen molar-refractivity contribution in [3.8, 4) is 0 Å². The number of amides is 1. The maximum Gasteiger partial charge on any atom is 0.266 e. The van der Waals surface area contributed by atoms with Crippen LogP contribution in [-0.2, 0) is 6.54 Å². The number of nitrogens with zero attached hydrogens (tertiary/aromatic N) is 3. The van der Waals surface area contributed by atoms with Crippen LogP contribution in [0.2, 0.25) is 0 Å². The average Bonchev–Trinajstić information content (AvgIpc) is 2.86. The minimum atomic E-state index is -0.254. The lowest BCUT2D eigenvalue weighted by atomic mass is 10.2. The van der Waals surface area contributed by atoms with Gasteiger partial charge in [-0.1, -0.05) is 0 Å². The van der Waals surface area contributed by atoms with Gasteiger partial charge >= 0.3 is 0 Å². The summed E-state index contributed by atoms with van der Waals surface area (Å²) in [6, 6.07) is 3.50. The monoisotopic (exact) mass is 314 g/mol. The number of carbonyl (C=O) groups is 1. The quantitative estimate of drug-likeness (QED) is 0.805. The number of rotatable bonds is 3. The van der Waals surface area contributed by atoms with Crippen LogP contribution >= 0.6 is 11.3 Å². The van der Waals surface area contributed by atoms with Gasteiger partial charge in [0.05, 0.1) is 28.5 Å². The van der Waals surface area contributed by atoms with Crippen molar-refractivity contribution in [1.29, 1.82) is 0 Å². The minimum absolute atomic E-state index is 0.110. The molecular formula is C15H14N4O2S. The molecule has 0 aromatic carbocycles. The molecule has 6 nitrogen and oxygen atoms in total.